The molecule has 13 heavy (non-hydrogen) atoms. The van der Waals surface area contributed by atoms with E-state index in [1.165, 1.54) is 0 Å². The largest absolute Gasteiger partial charge is 0.369 e. The second-order valence-electron chi connectivity index (χ2n) is 3.29. The van der Waals surface area contributed by atoms with Crippen LogP contribution in [0, 0.1) is 5.92 Å². The van der Waals surface area contributed by atoms with Crippen LogP contribution in [0.5, 0.6) is 0 Å². The molecule has 0 aliphatic heterocycles. The van der Waals surface area contributed by atoms with Crippen LogP contribution in [-0.4, -0.2) is 10.9 Å². The highest BCUT2D eigenvalue weighted by molar-refractivity contribution is 6.30. The molecule has 0 radical (unpaired) electrons. The zero-order valence-corrected chi connectivity index (χ0v) is 7.66. The van der Waals surface area contributed by atoms with E-state index in [0.717, 1.165) is 12.0 Å². The van der Waals surface area contributed by atoms with Gasteiger partial charge < -0.3 is 5.73 Å². The Morgan fingerprint density at radius 3 is 2.92 bits per heavy atom. The molecule has 1 aliphatic carbocycles. The Hall–Kier alpha value is -1.09. The molecule has 1 saturated carbocycles. The van der Waals surface area contributed by atoms with E-state index >= 15 is 0 Å². The molecule has 3 nitrogen and oxygen atoms in total. The summed E-state index contributed by atoms with van der Waals surface area (Å²) in [5, 5.41) is 0.604. The third-order valence-corrected chi connectivity index (χ3v) is 2.52. The van der Waals surface area contributed by atoms with Gasteiger partial charge in [-0.1, -0.05) is 11.6 Å². The van der Waals surface area contributed by atoms with Gasteiger partial charge in [0.15, 0.2) is 0 Å². The van der Waals surface area contributed by atoms with E-state index < -0.39 is 0 Å². The van der Waals surface area contributed by atoms with Crippen molar-refractivity contribution >= 4 is 17.5 Å². The van der Waals surface area contributed by atoms with Crippen molar-refractivity contribution in [3.8, 4) is 0 Å². The molecule has 1 aromatic rings. The minimum atomic E-state index is -0.232. The number of nitrogens with zero attached hydrogens (tertiary/aromatic N) is 1. The second-order valence-corrected chi connectivity index (χ2v) is 3.72. The molecule has 0 spiro atoms. The van der Waals surface area contributed by atoms with Crippen LogP contribution >= 0.6 is 11.6 Å². The fraction of sp³-hybridized carbons (Fsp3) is 0.333. The molecule has 1 aliphatic rings. The van der Waals surface area contributed by atoms with Gasteiger partial charge in [-0.05, 0) is 24.0 Å². The number of rotatable bonds is 2. The van der Waals surface area contributed by atoms with Crippen molar-refractivity contribution in [2.24, 2.45) is 11.7 Å². The lowest BCUT2D eigenvalue weighted by Gasteiger charge is -1.97. The number of nitrogens with two attached hydrogens (primary N) is 1. The molecule has 0 bridgehead atoms. The first-order valence-electron chi connectivity index (χ1n) is 4.08. The minimum absolute atomic E-state index is 0.0136. The number of halogens is 1. The van der Waals surface area contributed by atoms with Gasteiger partial charge >= 0.3 is 0 Å². The van der Waals surface area contributed by atoms with Gasteiger partial charge in [0.05, 0.1) is 5.02 Å². The molecule has 0 saturated heterocycles. The van der Waals surface area contributed by atoms with Crippen molar-refractivity contribution in [3.05, 3.63) is 29.0 Å². The van der Waals surface area contributed by atoms with Crippen molar-refractivity contribution < 1.29 is 4.79 Å². The summed E-state index contributed by atoms with van der Waals surface area (Å²) in [6.07, 6.45) is 4.14. The summed E-state index contributed by atoms with van der Waals surface area (Å²) in [7, 11) is 0. The van der Waals surface area contributed by atoms with Gasteiger partial charge in [-0.25, -0.2) is 0 Å². The van der Waals surface area contributed by atoms with Crippen molar-refractivity contribution in [2.75, 3.05) is 0 Å². The summed E-state index contributed by atoms with van der Waals surface area (Å²) in [6, 6.07) is 1.84. The Labute approximate surface area is 80.9 Å². The number of hydrogen-bond acceptors (Lipinski definition) is 2. The van der Waals surface area contributed by atoms with E-state index in [1.807, 2.05) is 6.07 Å². The van der Waals surface area contributed by atoms with Crippen LogP contribution in [-0.2, 0) is 4.79 Å². The number of amides is 1. The van der Waals surface area contributed by atoms with Crippen LogP contribution in [0.1, 0.15) is 17.9 Å². The summed E-state index contributed by atoms with van der Waals surface area (Å²) >= 11 is 5.77. The lowest BCUT2D eigenvalue weighted by Crippen LogP contribution is -2.13. The Bertz CT molecular complexity index is 353. The maximum atomic E-state index is 10.8. The van der Waals surface area contributed by atoms with Gasteiger partial charge in [0.2, 0.25) is 5.91 Å². The van der Waals surface area contributed by atoms with Crippen LogP contribution in [0.4, 0.5) is 0 Å². The van der Waals surface area contributed by atoms with E-state index in [0.29, 0.717) is 5.02 Å². The number of hydrogen-bond donors (Lipinski definition) is 1. The first-order valence-corrected chi connectivity index (χ1v) is 4.46. The van der Waals surface area contributed by atoms with Crippen LogP contribution in [0.3, 0.4) is 0 Å². The third-order valence-electron chi connectivity index (χ3n) is 2.31. The molecule has 1 aromatic heterocycles. The normalized spacial score (nSPS) is 25.6. The van der Waals surface area contributed by atoms with E-state index in [4.69, 9.17) is 17.3 Å². The van der Waals surface area contributed by atoms with Gasteiger partial charge in [-0.3, -0.25) is 9.78 Å². The van der Waals surface area contributed by atoms with Crippen LogP contribution in [0.2, 0.25) is 5.02 Å². The fourth-order valence-corrected chi connectivity index (χ4v) is 1.69. The van der Waals surface area contributed by atoms with E-state index in [-0.39, 0.29) is 17.7 Å². The quantitative estimate of drug-likeness (QED) is 0.776. The SMILES string of the molecule is NC(=O)[C@H]1C[C@@H]1c1cncc(Cl)c1. The Kier molecular flexibility index (Phi) is 1.96. The smallest absolute Gasteiger partial charge is 0.221 e. The van der Waals surface area contributed by atoms with Crippen molar-refractivity contribution in [1.29, 1.82) is 0 Å². The zero-order chi connectivity index (χ0) is 9.42. The topological polar surface area (TPSA) is 56.0 Å². The molecule has 0 unspecified atom stereocenters. The van der Waals surface area contributed by atoms with E-state index in [9.17, 15) is 4.79 Å². The molecule has 2 N–H and O–H groups in total. The van der Waals surface area contributed by atoms with Crippen molar-refractivity contribution in [1.82, 2.24) is 4.98 Å². The molecular formula is C9H9ClN2O. The Balaban J connectivity index is 2.16. The molecule has 1 heterocycles. The maximum absolute atomic E-state index is 10.8. The van der Waals surface area contributed by atoms with Crippen molar-refractivity contribution in [2.45, 2.75) is 12.3 Å². The zero-order valence-electron chi connectivity index (χ0n) is 6.90. The summed E-state index contributed by atoms with van der Waals surface area (Å²) < 4.78 is 0. The number of aromatic nitrogens is 1. The van der Waals surface area contributed by atoms with Gasteiger partial charge in [0, 0.05) is 18.3 Å². The predicted molar refractivity (Wildman–Crippen MR) is 49.3 cm³/mol. The van der Waals surface area contributed by atoms with Gasteiger partial charge in [-0.2, -0.15) is 0 Å². The molecular weight excluding hydrogens is 188 g/mol. The van der Waals surface area contributed by atoms with Crippen LogP contribution in [0.25, 0.3) is 0 Å². The second kappa shape index (κ2) is 3.00. The fourth-order valence-electron chi connectivity index (χ4n) is 1.51. The highest BCUT2D eigenvalue weighted by Crippen LogP contribution is 2.47. The van der Waals surface area contributed by atoms with Crippen LogP contribution in [0.15, 0.2) is 18.5 Å². The maximum Gasteiger partial charge on any atom is 0.221 e. The number of primary amides is 1. The number of pyridine rings is 1. The first-order chi connectivity index (χ1) is 6.18. The molecule has 68 valence electrons. The van der Waals surface area contributed by atoms with E-state index in [2.05, 4.69) is 4.98 Å². The lowest BCUT2D eigenvalue weighted by atomic mass is 10.1. The standard InChI is InChI=1S/C9H9ClN2O/c10-6-1-5(3-12-4-6)7-2-8(7)9(11)13/h1,3-4,7-8H,2H2,(H2,11,13)/t7-,8+/m1/s1. The van der Waals surface area contributed by atoms with Crippen molar-refractivity contribution in [3.63, 3.8) is 0 Å². The summed E-state index contributed by atoms with van der Waals surface area (Å²) in [4.78, 5) is 14.8. The van der Waals surface area contributed by atoms with Crippen LogP contribution < -0.4 is 5.73 Å². The van der Waals surface area contributed by atoms with Gasteiger partial charge in [0.1, 0.15) is 0 Å². The predicted octanol–water partition coefficient (Wildman–Crippen LogP) is 1.32. The third kappa shape index (κ3) is 1.65. The summed E-state index contributed by atoms with van der Waals surface area (Å²) in [6.45, 7) is 0. The molecule has 1 fully saturated rings. The average Bonchev–Trinajstić information content (AvgIpc) is 2.82. The van der Waals surface area contributed by atoms with E-state index in [1.54, 1.807) is 12.4 Å². The highest BCUT2D eigenvalue weighted by atomic mass is 35.5. The Morgan fingerprint density at radius 1 is 1.62 bits per heavy atom. The first kappa shape index (κ1) is 8.51. The lowest BCUT2D eigenvalue weighted by molar-refractivity contribution is -0.119. The monoisotopic (exact) mass is 196 g/mol. The highest BCUT2D eigenvalue weighted by Gasteiger charge is 2.42. The molecule has 0 aromatic carbocycles. The molecule has 1 amide bonds. The summed E-state index contributed by atoms with van der Waals surface area (Å²) in [5.41, 5.74) is 6.18. The Morgan fingerprint density at radius 2 is 2.38 bits per heavy atom. The minimum Gasteiger partial charge on any atom is -0.369 e. The molecule has 2 atom stereocenters. The summed E-state index contributed by atoms with van der Waals surface area (Å²) in [5.74, 6) is -0.00561. The average molecular weight is 197 g/mol. The molecule has 4 heteroatoms. The number of carbonyl (C=O) groups is 1. The number of carbonyl (C=O) groups excluding carboxylic acids is 1. The molecule has 2 rings (SSSR count). The van der Waals surface area contributed by atoms with Gasteiger partial charge in [0.25, 0.3) is 0 Å². The van der Waals surface area contributed by atoms with Gasteiger partial charge in [-0.15, -0.1) is 0 Å².